The maximum atomic E-state index is 12.8. The molecule has 0 unspecified atom stereocenters. The van der Waals surface area contributed by atoms with Crippen LogP contribution in [0.3, 0.4) is 0 Å². The number of carbonyl (C=O) groups is 2. The predicted octanol–water partition coefficient (Wildman–Crippen LogP) is 4.41. The summed E-state index contributed by atoms with van der Waals surface area (Å²) in [5, 5.41) is 3.28. The third kappa shape index (κ3) is 3.88. The van der Waals surface area contributed by atoms with Crippen molar-refractivity contribution < 1.29 is 19.1 Å². The quantitative estimate of drug-likeness (QED) is 0.750. The Balaban J connectivity index is 1.64. The summed E-state index contributed by atoms with van der Waals surface area (Å²) < 4.78 is 10.9. The van der Waals surface area contributed by atoms with Crippen molar-refractivity contribution in [1.82, 2.24) is 5.32 Å². The van der Waals surface area contributed by atoms with E-state index in [2.05, 4.69) is 5.32 Å². The van der Waals surface area contributed by atoms with E-state index >= 15 is 0 Å². The summed E-state index contributed by atoms with van der Waals surface area (Å²) >= 11 is 0. The molecule has 0 saturated heterocycles. The first-order valence-corrected chi connectivity index (χ1v) is 10.2. The number of esters is 1. The van der Waals surface area contributed by atoms with E-state index in [0.29, 0.717) is 24.2 Å². The third-order valence-corrected chi connectivity index (χ3v) is 5.64. The van der Waals surface area contributed by atoms with Crippen molar-refractivity contribution >= 4 is 11.8 Å². The van der Waals surface area contributed by atoms with Crippen molar-refractivity contribution in [2.75, 3.05) is 7.11 Å². The summed E-state index contributed by atoms with van der Waals surface area (Å²) in [5.41, 5.74) is 4.81. The standard InChI is InChI=1S/C25H25NO4/c1-16-22(25(28)29-2)23(24-20(26-16)9-6-10-21(24)27)18-11-13-19(14-12-18)30-15-17-7-4-3-5-8-17/h3-5,7-8,11-14,23,26H,6,9-10,15H2,1-2H3/t23-/m0/s1. The van der Waals surface area contributed by atoms with Gasteiger partial charge in [0.05, 0.1) is 12.7 Å². The van der Waals surface area contributed by atoms with Crippen molar-refractivity contribution in [3.8, 4) is 5.75 Å². The molecule has 2 aromatic carbocycles. The minimum Gasteiger partial charge on any atom is -0.489 e. The first kappa shape index (κ1) is 20.0. The molecular formula is C25H25NO4. The van der Waals surface area contributed by atoms with Gasteiger partial charge in [0.1, 0.15) is 12.4 Å². The van der Waals surface area contributed by atoms with Crippen LogP contribution in [-0.4, -0.2) is 18.9 Å². The van der Waals surface area contributed by atoms with Crippen molar-refractivity contribution in [3.63, 3.8) is 0 Å². The molecule has 0 aromatic heterocycles. The number of benzene rings is 2. The number of dihydropyridines is 1. The SMILES string of the molecule is COC(=O)C1=C(C)NC2=C(C(=O)CCC2)[C@H]1c1ccc(OCc2ccccc2)cc1. The summed E-state index contributed by atoms with van der Waals surface area (Å²) in [5.74, 6) is -0.0166. The zero-order chi connectivity index (χ0) is 21.1. The highest BCUT2D eigenvalue weighted by molar-refractivity contribution is 6.03. The average molecular weight is 403 g/mol. The van der Waals surface area contributed by atoms with E-state index in [9.17, 15) is 9.59 Å². The van der Waals surface area contributed by atoms with E-state index in [1.807, 2.05) is 61.5 Å². The van der Waals surface area contributed by atoms with Gasteiger partial charge in [-0.05, 0) is 43.0 Å². The molecule has 0 bridgehead atoms. The number of nitrogens with one attached hydrogen (secondary N) is 1. The molecule has 1 atom stereocenters. The minimum absolute atomic E-state index is 0.0899. The van der Waals surface area contributed by atoms with Crippen LogP contribution < -0.4 is 10.1 Å². The number of Topliss-reactive ketones (excluding diaryl/α,β-unsaturated/α-hetero) is 1. The van der Waals surface area contributed by atoms with Gasteiger partial charge >= 0.3 is 5.97 Å². The summed E-state index contributed by atoms with van der Waals surface area (Å²) in [6.07, 6.45) is 2.13. The summed E-state index contributed by atoms with van der Waals surface area (Å²) in [6.45, 7) is 2.34. The molecule has 154 valence electrons. The lowest BCUT2D eigenvalue weighted by Gasteiger charge is -2.34. The van der Waals surface area contributed by atoms with Crippen LogP contribution in [0.2, 0.25) is 0 Å². The largest absolute Gasteiger partial charge is 0.489 e. The number of methoxy groups -OCH3 is 1. The van der Waals surface area contributed by atoms with Gasteiger partial charge in [-0.1, -0.05) is 42.5 Å². The molecule has 1 N–H and O–H groups in total. The van der Waals surface area contributed by atoms with Gasteiger partial charge in [0, 0.05) is 29.3 Å². The Morgan fingerprint density at radius 1 is 1.07 bits per heavy atom. The Morgan fingerprint density at radius 2 is 1.80 bits per heavy atom. The fourth-order valence-electron chi connectivity index (χ4n) is 4.19. The Morgan fingerprint density at radius 3 is 2.50 bits per heavy atom. The molecule has 1 aliphatic carbocycles. The molecule has 4 rings (SSSR count). The van der Waals surface area contributed by atoms with Gasteiger partial charge in [0.25, 0.3) is 0 Å². The van der Waals surface area contributed by atoms with Gasteiger partial charge in [-0.3, -0.25) is 4.79 Å². The fourth-order valence-corrected chi connectivity index (χ4v) is 4.19. The maximum absolute atomic E-state index is 12.8. The molecule has 0 spiro atoms. The lowest BCUT2D eigenvalue weighted by molar-refractivity contribution is -0.136. The number of hydrogen-bond donors (Lipinski definition) is 1. The van der Waals surface area contributed by atoms with Crippen LogP contribution in [-0.2, 0) is 20.9 Å². The van der Waals surface area contributed by atoms with Gasteiger partial charge in [-0.25, -0.2) is 4.79 Å². The Kier molecular flexibility index (Phi) is 5.70. The number of ether oxygens (including phenoxy) is 2. The Labute approximate surface area is 176 Å². The van der Waals surface area contributed by atoms with Crippen molar-refractivity contribution in [3.05, 3.63) is 88.3 Å². The number of allylic oxidation sites excluding steroid dienone is 3. The summed E-state index contributed by atoms with van der Waals surface area (Å²) in [6, 6.07) is 17.6. The van der Waals surface area contributed by atoms with E-state index in [-0.39, 0.29) is 5.78 Å². The molecule has 2 aromatic rings. The predicted molar refractivity (Wildman–Crippen MR) is 114 cm³/mol. The number of ketones is 1. The van der Waals surface area contributed by atoms with Crippen LogP contribution in [0.25, 0.3) is 0 Å². The Bertz CT molecular complexity index is 1020. The van der Waals surface area contributed by atoms with Crippen LogP contribution >= 0.6 is 0 Å². The molecular weight excluding hydrogens is 378 g/mol. The number of carbonyl (C=O) groups excluding carboxylic acids is 2. The van der Waals surface area contributed by atoms with Gasteiger partial charge in [-0.2, -0.15) is 0 Å². The first-order chi connectivity index (χ1) is 14.6. The molecule has 5 heteroatoms. The monoisotopic (exact) mass is 403 g/mol. The molecule has 5 nitrogen and oxygen atoms in total. The second kappa shape index (κ2) is 8.57. The van der Waals surface area contributed by atoms with Crippen molar-refractivity contribution in [2.45, 2.75) is 38.7 Å². The number of rotatable bonds is 5. The fraction of sp³-hybridized carbons (Fsp3) is 0.280. The van der Waals surface area contributed by atoms with E-state index in [1.165, 1.54) is 7.11 Å². The molecule has 0 fully saturated rings. The van der Waals surface area contributed by atoms with Crippen LogP contribution in [0.5, 0.6) is 5.75 Å². The maximum Gasteiger partial charge on any atom is 0.336 e. The third-order valence-electron chi connectivity index (χ3n) is 5.64. The molecule has 1 aliphatic heterocycles. The topological polar surface area (TPSA) is 64.6 Å². The van der Waals surface area contributed by atoms with Gasteiger partial charge in [0.15, 0.2) is 5.78 Å². The average Bonchev–Trinajstić information content (AvgIpc) is 2.77. The molecule has 2 aliphatic rings. The zero-order valence-electron chi connectivity index (χ0n) is 17.2. The molecule has 0 radical (unpaired) electrons. The molecule has 30 heavy (non-hydrogen) atoms. The van der Waals surface area contributed by atoms with Crippen molar-refractivity contribution in [2.24, 2.45) is 0 Å². The smallest absolute Gasteiger partial charge is 0.336 e. The lowest BCUT2D eigenvalue weighted by atomic mass is 9.75. The second-order valence-corrected chi connectivity index (χ2v) is 7.60. The first-order valence-electron chi connectivity index (χ1n) is 10.2. The Hall–Kier alpha value is -3.34. The van der Waals surface area contributed by atoms with E-state index in [4.69, 9.17) is 9.47 Å². The highest BCUT2D eigenvalue weighted by atomic mass is 16.5. The minimum atomic E-state index is -0.426. The van der Waals surface area contributed by atoms with E-state index in [0.717, 1.165) is 41.1 Å². The highest BCUT2D eigenvalue weighted by Gasteiger charge is 2.38. The highest BCUT2D eigenvalue weighted by Crippen LogP contribution is 2.42. The zero-order valence-corrected chi connectivity index (χ0v) is 17.2. The van der Waals surface area contributed by atoms with Crippen LogP contribution in [0.1, 0.15) is 43.2 Å². The normalized spacial score (nSPS) is 18.6. The van der Waals surface area contributed by atoms with Gasteiger partial charge in [-0.15, -0.1) is 0 Å². The second-order valence-electron chi connectivity index (χ2n) is 7.60. The number of hydrogen-bond acceptors (Lipinski definition) is 5. The molecule has 1 heterocycles. The van der Waals surface area contributed by atoms with Crippen LogP contribution in [0, 0.1) is 0 Å². The van der Waals surface area contributed by atoms with Gasteiger partial charge in [0.2, 0.25) is 0 Å². The van der Waals surface area contributed by atoms with E-state index in [1.54, 1.807) is 0 Å². The van der Waals surface area contributed by atoms with Crippen LogP contribution in [0.4, 0.5) is 0 Å². The van der Waals surface area contributed by atoms with Crippen LogP contribution in [0.15, 0.2) is 77.1 Å². The summed E-state index contributed by atoms with van der Waals surface area (Å²) in [4.78, 5) is 25.4. The molecule has 0 amide bonds. The van der Waals surface area contributed by atoms with Crippen molar-refractivity contribution in [1.29, 1.82) is 0 Å². The molecule has 0 saturated carbocycles. The van der Waals surface area contributed by atoms with E-state index < -0.39 is 11.9 Å². The summed E-state index contributed by atoms with van der Waals surface area (Å²) in [7, 11) is 1.37. The van der Waals surface area contributed by atoms with Gasteiger partial charge < -0.3 is 14.8 Å². The lowest BCUT2D eigenvalue weighted by Crippen LogP contribution is -2.34.